The average Bonchev–Trinajstić information content (AvgIpc) is 3.50. The topological polar surface area (TPSA) is 96.3 Å². The molecule has 5 rings (SSSR count). The molecule has 2 aromatic heterocycles. The maximum Gasteiger partial charge on any atom is 0.494 e. The van der Waals surface area contributed by atoms with Crippen molar-refractivity contribution in [2.75, 3.05) is 0 Å². The highest BCUT2D eigenvalue weighted by atomic mass is 79.9. The number of hydrogen-bond donors (Lipinski definition) is 0. The van der Waals surface area contributed by atoms with Crippen LogP contribution in [0, 0.1) is 0 Å². The van der Waals surface area contributed by atoms with Gasteiger partial charge in [0.2, 0.25) is 24.6 Å². The van der Waals surface area contributed by atoms with Gasteiger partial charge in [-0.2, -0.15) is 0 Å². The Labute approximate surface area is 194 Å². The number of benzene rings is 2. The first-order valence-corrected chi connectivity index (χ1v) is 10.8. The average molecular weight is 497 g/mol. The van der Waals surface area contributed by atoms with Gasteiger partial charge in [0, 0.05) is 15.6 Å². The van der Waals surface area contributed by atoms with Crippen molar-refractivity contribution >= 4 is 28.5 Å². The van der Waals surface area contributed by atoms with Gasteiger partial charge < -0.3 is 18.1 Å². The molecule has 164 valence electrons. The van der Waals surface area contributed by atoms with E-state index in [1.54, 1.807) is 0 Å². The fraction of sp³-hybridized carbons (Fsp3) is 0.273. The Morgan fingerprint density at radius 3 is 1.78 bits per heavy atom. The van der Waals surface area contributed by atoms with Crippen LogP contribution in [0.3, 0.4) is 0 Å². The van der Waals surface area contributed by atoms with E-state index >= 15 is 0 Å². The van der Waals surface area contributed by atoms with Crippen LogP contribution >= 0.6 is 15.9 Å². The van der Waals surface area contributed by atoms with Gasteiger partial charge in [0.25, 0.3) is 0 Å². The highest BCUT2D eigenvalue weighted by Crippen LogP contribution is 2.36. The van der Waals surface area contributed by atoms with E-state index in [1.807, 2.05) is 76.2 Å². The van der Waals surface area contributed by atoms with Crippen molar-refractivity contribution in [2.45, 2.75) is 38.9 Å². The molecule has 0 atom stereocenters. The predicted octanol–water partition coefficient (Wildman–Crippen LogP) is 4.53. The molecule has 3 heterocycles. The lowest BCUT2D eigenvalue weighted by Gasteiger charge is -2.32. The van der Waals surface area contributed by atoms with Crippen LogP contribution in [0.5, 0.6) is 0 Å². The summed E-state index contributed by atoms with van der Waals surface area (Å²) in [6.45, 7) is 8.15. The lowest BCUT2D eigenvalue weighted by molar-refractivity contribution is 0.00578. The maximum absolute atomic E-state index is 6.03. The monoisotopic (exact) mass is 496 g/mol. The molecule has 2 aromatic carbocycles. The Hall–Kier alpha value is -2.82. The van der Waals surface area contributed by atoms with Crippen LogP contribution in [0.1, 0.15) is 27.7 Å². The van der Waals surface area contributed by atoms with Gasteiger partial charge >= 0.3 is 7.12 Å². The molecule has 0 aliphatic carbocycles. The van der Waals surface area contributed by atoms with E-state index in [1.165, 1.54) is 12.8 Å². The van der Waals surface area contributed by atoms with Gasteiger partial charge in [-0.3, -0.25) is 0 Å². The van der Waals surface area contributed by atoms with Crippen LogP contribution in [-0.4, -0.2) is 38.7 Å². The van der Waals surface area contributed by atoms with Gasteiger partial charge in [-0.05, 0) is 63.5 Å². The van der Waals surface area contributed by atoms with Crippen molar-refractivity contribution in [1.82, 2.24) is 20.4 Å². The summed E-state index contributed by atoms with van der Waals surface area (Å²) in [6, 6.07) is 15.5. The van der Waals surface area contributed by atoms with Gasteiger partial charge in [0.05, 0.1) is 11.2 Å². The summed E-state index contributed by atoms with van der Waals surface area (Å²) in [4.78, 5) is 0. The minimum Gasteiger partial charge on any atom is -0.423 e. The molecule has 0 saturated carbocycles. The molecule has 0 unspecified atom stereocenters. The third-order valence-corrected chi connectivity index (χ3v) is 5.94. The summed E-state index contributed by atoms with van der Waals surface area (Å²) >= 11 is 3.36. The minimum absolute atomic E-state index is 0.349. The molecular weight excluding hydrogens is 475 g/mol. The molecule has 32 heavy (non-hydrogen) atoms. The van der Waals surface area contributed by atoms with Crippen molar-refractivity contribution in [2.24, 2.45) is 0 Å². The summed E-state index contributed by atoms with van der Waals surface area (Å²) in [5.41, 5.74) is 2.02. The number of rotatable bonds is 3. The van der Waals surface area contributed by atoms with E-state index in [2.05, 4.69) is 36.3 Å². The molecular formula is C22H22BBrN4O4. The van der Waals surface area contributed by atoms with E-state index in [-0.39, 0.29) is 18.3 Å². The van der Waals surface area contributed by atoms with E-state index in [0.29, 0.717) is 11.8 Å². The van der Waals surface area contributed by atoms with Crippen molar-refractivity contribution in [3.63, 3.8) is 0 Å². The lowest BCUT2D eigenvalue weighted by Crippen LogP contribution is -2.41. The first-order chi connectivity index (χ1) is 15.2. The summed E-state index contributed by atoms with van der Waals surface area (Å²) in [5.74, 6) is 1.03. The zero-order valence-electron chi connectivity index (χ0n) is 18.2. The van der Waals surface area contributed by atoms with Gasteiger partial charge in [-0.1, -0.05) is 34.1 Å². The number of halogens is 1. The van der Waals surface area contributed by atoms with Crippen LogP contribution in [0.4, 0.5) is 0 Å². The van der Waals surface area contributed by atoms with Crippen LogP contribution < -0.4 is 5.46 Å². The van der Waals surface area contributed by atoms with Crippen LogP contribution in [0.2, 0.25) is 0 Å². The van der Waals surface area contributed by atoms with Crippen molar-refractivity contribution in [1.29, 1.82) is 0 Å². The Morgan fingerprint density at radius 2 is 1.28 bits per heavy atom. The summed E-state index contributed by atoms with van der Waals surface area (Å²) in [5, 5.41) is 15.0. The summed E-state index contributed by atoms with van der Waals surface area (Å²) in [7, 11) is -0.386. The van der Waals surface area contributed by atoms with Crippen molar-refractivity contribution in [3.05, 3.63) is 65.8 Å². The Kier molecular flexibility index (Phi) is 6.27. The summed E-state index contributed by atoms with van der Waals surface area (Å²) in [6.07, 6.45) is 2.63. The molecule has 10 heteroatoms. The summed E-state index contributed by atoms with van der Waals surface area (Å²) < 4.78 is 23.3. The molecule has 1 saturated heterocycles. The minimum atomic E-state index is -0.386. The van der Waals surface area contributed by atoms with E-state index in [9.17, 15) is 0 Å². The molecule has 0 amide bonds. The van der Waals surface area contributed by atoms with Crippen LogP contribution in [0.15, 0.2) is 74.6 Å². The quantitative estimate of drug-likeness (QED) is 0.381. The normalized spacial score (nSPS) is 16.5. The van der Waals surface area contributed by atoms with Gasteiger partial charge in [-0.15, -0.1) is 20.4 Å². The fourth-order valence-corrected chi connectivity index (χ4v) is 3.42. The molecule has 0 bridgehead atoms. The SMILES string of the molecule is Brc1cccc(-c2nnco2)c1.CC1(C)OB(c2cccc(-c3nnco3)c2)OC1(C)C. The maximum atomic E-state index is 6.03. The fourth-order valence-electron chi connectivity index (χ4n) is 3.02. The third-order valence-electron chi connectivity index (χ3n) is 5.45. The van der Waals surface area contributed by atoms with E-state index in [0.717, 1.165) is 21.1 Å². The molecule has 0 radical (unpaired) electrons. The zero-order chi connectivity index (χ0) is 22.8. The smallest absolute Gasteiger partial charge is 0.423 e. The van der Waals surface area contributed by atoms with E-state index in [4.69, 9.17) is 18.1 Å². The van der Waals surface area contributed by atoms with Crippen LogP contribution in [-0.2, 0) is 9.31 Å². The molecule has 0 spiro atoms. The first kappa shape index (κ1) is 22.4. The second-order valence-electron chi connectivity index (χ2n) is 8.21. The second kappa shape index (κ2) is 8.97. The Bertz CT molecular complexity index is 1150. The highest BCUT2D eigenvalue weighted by Gasteiger charge is 2.51. The van der Waals surface area contributed by atoms with Gasteiger partial charge in [0.1, 0.15) is 0 Å². The van der Waals surface area contributed by atoms with Gasteiger partial charge in [-0.25, -0.2) is 0 Å². The Balaban J connectivity index is 0.000000174. The molecule has 1 aliphatic heterocycles. The lowest BCUT2D eigenvalue weighted by atomic mass is 9.78. The molecule has 8 nitrogen and oxygen atoms in total. The largest absolute Gasteiger partial charge is 0.494 e. The van der Waals surface area contributed by atoms with Crippen molar-refractivity contribution in [3.8, 4) is 22.9 Å². The first-order valence-electron chi connectivity index (χ1n) is 9.99. The van der Waals surface area contributed by atoms with E-state index < -0.39 is 0 Å². The molecule has 1 fully saturated rings. The second-order valence-corrected chi connectivity index (χ2v) is 9.13. The zero-order valence-corrected chi connectivity index (χ0v) is 19.7. The number of aromatic nitrogens is 4. The van der Waals surface area contributed by atoms with Gasteiger partial charge in [0.15, 0.2) is 0 Å². The molecule has 1 aliphatic rings. The Morgan fingerprint density at radius 1 is 0.750 bits per heavy atom. The standard InChI is InChI=1S/C14H17BN2O3.C8H5BrN2O/c1-13(2)14(3,4)20-15(19-13)11-7-5-6-10(8-11)12-17-16-9-18-12;9-7-3-1-2-6(4-7)8-11-10-5-12-8/h5-9H,1-4H3;1-5H. The predicted molar refractivity (Wildman–Crippen MR) is 123 cm³/mol. The highest BCUT2D eigenvalue weighted by molar-refractivity contribution is 9.10. The van der Waals surface area contributed by atoms with Crippen LogP contribution in [0.25, 0.3) is 22.9 Å². The van der Waals surface area contributed by atoms with Crippen molar-refractivity contribution < 1.29 is 18.1 Å². The molecule has 0 N–H and O–H groups in total. The molecule has 4 aromatic rings. The number of hydrogen-bond acceptors (Lipinski definition) is 8. The third kappa shape index (κ3) is 4.82. The number of nitrogens with zero attached hydrogens (tertiary/aromatic N) is 4.